The fourth-order valence-electron chi connectivity index (χ4n) is 2.01. The monoisotopic (exact) mass is 281 g/mol. The number of nitrogens with one attached hydrogen (secondary N) is 1. The second-order valence-corrected chi connectivity index (χ2v) is 5.34. The molecule has 8 heteroatoms. The molecule has 102 valence electrons. The Morgan fingerprint density at radius 1 is 1.17 bits per heavy atom. The van der Waals surface area contributed by atoms with E-state index in [2.05, 4.69) is 15.5 Å². The van der Waals surface area contributed by atoms with Crippen molar-refractivity contribution >= 4 is 16.5 Å². The topological polar surface area (TPSA) is 58.0 Å². The van der Waals surface area contributed by atoms with Crippen LogP contribution in [0.1, 0.15) is 37.1 Å². The molecule has 2 rings (SSSR count). The molecule has 2 atom stereocenters. The van der Waals surface area contributed by atoms with Gasteiger partial charge in [-0.1, -0.05) is 30.6 Å². The second kappa shape index (κ2) is 5.40. The molecule has 2 unspecified atom stereocenters. The van der Waals surface area contributed by atoms with Crippen LogP contribution >= 0.6 is 11.3 Å². The molecule has 1 aliphatic carbocycles. The average Bonchev–Trinajstić information content (AvgIpc) is 2.66. The smallest absolute Gasteiger partial charge is 0.391 e. The Kier molecular flexibility index (Phi) is 4.06. The van der Waals surface area contributed by atoms with Crippen LogP contribution in [0.15, 0.2) is 0 Å². The average molecular weight is 281 g/mol. The minimum atomic E-state index is -4.46. The Labute approximate surface area is 106 Å². The molecule has 0 amide bonds. The van der Waals surface area contributed by atoms with Crippen molar-refractivity contribution in [2.45, 2.75) is 50.4 Å². The third-order valence-electron chi connectivity index (χ3n) is 2.96. The zero-order valence-electron chi connectivity index (χ0n) is 9.57. The number of halogens is 3. The molecular weight excluding hydrogens is 267 g/mol. The van der Waals surface area contributed by atoms with Gasteiger partial charge in [-0.25, -0.2) is 0 Å². The first-order valence-electron chi connectivity index (χ1n) is 5.82. The van der Waals surface area contributed by atoms with Gasteiger partial charge in [0, 0.05) is 0 Å². The van der Waals surface area contributed by atoms with Crippen LogP contribution in [0.5, 0.6) is 0 Å². The van der Waals surface area contributed by atoms with Crippen LogP contribution in [0, 0.1) is 0 Å². The van der Waals surface area contributed by atoms with Crippen molar-refractivity contribution in [3.63, 3.8) is 0 Å². The number of hydrogen-bond acceptors (Lipinski definition) is 5. The van der Waals surface area contributed by atoms with E-state index in [4.69, 9.17) is 0 Å². The first kappa shape index (κ1) is 13.5. The zero-order valence-corrected chi connectivity index (χ0v) is 10.4. The standard InChI is InChI=1S/C10H14F3N3OS/c11-10(12,13)8-15-16-9(18-8)14-6-4-2-1-3-5-7(6)17/h6-7,17H,1-5H2,(H,14,16). The van der Waals surface area contributed by atoms with E-state index in [0.29, 0.717) is 17.8 Å². The summed E-state index contributed by atoms with van der Waals surface area (Å²) in [6.45, 7) is 0. The maximum Gasteiger partial charge on any atom is 0.445 e. The lowest BCUT2D eigenvalue weighted by Crippen LogP contribution is -2.32. The Morgan fingerprint density at radius 2 is 1.89 bits per heavy atom. The molecule has 0 saturated heterocycles. The van der Waals surface area contributed by atoms with Crippen molar-refractivity contribution < 1.29 is 18.3 Å². The van der Waals surface area contributed by atoms with Gasteiger partial charge in [-0.2, -0.15) is 13.2 Å². The molecular formula is C10H14F3N3OS. The van der Waals surface area contributed by atoms with Crippen LogP contribution in [-0.4, -0.2) is 27.4 Å². The lowest BCUT2D eigenvalue weighted by molar-refractivity contribution is -0.138. The molecule has 1 saturated carbocycles. The van der Waals surface area contributed by atoms with Gasteiger partial charge in [0.25, 0.3) is 0 Å². The fraction of sp³-hybridized carbons (Fsp3) is 0.800. The molecule has 0 bridgehead atoms. The van der Waals surface area contributed by atoms with Crippen molar-refractivity contribution in [2.75, 3.05) is 5.32 Å². The minimum absolute atomic E-state index is 0.119. The lowest BCUT2D eigenvalue weighted by Gasteiger charge is -2.20. The van der Waals surface area contributed by atoms with Gasteiger partial charge >= 0.3 is 6.18 Å². The van der Waals surface area contributed by atoms with Crippen LogP contribution in [0.2, 0.25) is 0 Å². The summed E-state index contributed by atoms with van der Waals surface area (Å²) in [5.74, 6) is 0. The molecule has 1 heterocycles. The number of rotatable bonds is 2. The van der Waals surface area contributed by atoms with Crippen LogP contribution < -0.4 is 5.32 Å². The SMILES string of the molecule is OC1CCCCCC1Nc1nnc(C(F)(F)F)s1. The fourth-order valence-corrected chi connectivity index (χ4v) is 2.68. The zero-order chi connectivity index (χ0) is 13.2. The molecule has 0 spiro atoms. The van der Waals surface area contributed by atoms with Crippen LogP contribution in [0.3, 0.4) is 0 Å². The van der Waals surface area contributed by atoms with E-state index in [1.165, 1.54) is 0 Å². The number of aliphatic hydroxyl groups is 1. The Bertz CT molecular complexity index is 396. The third kappa shape index (κ3) is 3.32. The lowest BCUT2D eigenvalue weighted by atomic mass is 10.1. The molecule has 18 heavy (non-hydrogen) atoms. The van der Waals surface area contributed by atoms with Crippen molar-refractivity contribution in [3.05, 3.63) is 5.01 Å². The van der Waals surface area contributed by atoms with Crippen molar-refractivity contribution in [1.29, 1.82) is 0 Å². The Hall–Kier alpha value is -0.890. The van der Waals surface area contributed by atoms with E-state index in [9.17, 15) is 18.3 Å². The largest absolute Gasteiger partial charge is 0.445 e. The predicted octanol–water partition coefficient (Wildman–Crippen LogP) is 2.66. The molecule has 0 aliphatic heterocycles. The normalized spacial score (nSPS) is 25.8. The van der Waals surface area contributed by atoms with Gasteiger partial charge in [-0.3, -0.25) is 0 Å². The number of anilines is 1. The predicted molar refractivity (Wildman–Crippen MR) is 61.4 cm³/mol. The highest BCUT2D eigenvalue weighted by Gasteiger charge is 2.36. The molecule has 1 fully saturated rings. The van der Waals surface area contributed by atoms with Crippen molar-refractivity contribution in [1.82, 2.24) is 10.2 Å². The number of aliphatic hydroxyl groups excluding tert-OH is 1. The number of aromatic nitrogens is 2. The van der Waals surface area contributed by atoms with E-state index in [0.717, 1.165) is 25.7 Å². The van der Waals surface area contributed by atoms with Gasteiger partial charge < -0.3 is 10.4 Å². The summed E-state index contributed by atoms with van der Waals surface area (Å²) in [5, 5.41) is 18.4. The molecule has 2 N–H and O–H groups in total. The molecule has 1 aliphatic rings. The summed E-state index contributed by atoms with van der Waals surface area (Å²) in [6.07, 6.45) is -0.641. The Morgan fingerprint density at radius 3 is 2.56 bits per heavy atom. The summed E-state index contributed by atoms with van der Waals surface area (Å²) in [5.41, 5.74) is 0. The highest BCUT2D eigenvalue weighted by molar-refractivity contribution is 7.15. The summed E-state index contributed by atoms with van der Waals surface area (Å²) >= 11 is 0.473. The summed E-state index contributed by atoms with van der Waals surface area (Å²) in [6, 6.07) is -0.235. The van der Waals surface area contributed by atoms with Gasteiger partial charge in [-0.05, 0) is 12.8 Å². The van der Waals surface area contributed by atoms with E-state index >= 15 is 0 Å². The maximum absolute atomic E-state index is 12.4. The molecule has 4 nitrogen and oxygen atoms in total. The first-order valence-corrected chi connectivity index (χ1v) is 6.64. The summed E-state index contributed by atoms with van der Waals surface area (Å²) in [4.78, 5) is 0. The second-order valence-electron chi connectivity index (χ2n) is 4.37. The van der Waals surface area contributed by atoms with E-state index < -0.39 is 17.3 Å². The van der Waals surface area contributed by atoms with E-state index in [1.807, 2.05) is 0 Å². The van der Waals surface area contributed by atoms with E-state index in [-0.39, 0.29) is 11.2 Å². The number of nitrogens with zero attached hydrogens (tertiary/aromatic N) is 2. The molecule has 1 aromatic heterocycles. The first-order chi connectivity index (χ1) is 8.47. The maximum atomic E-state index is 12.4. The quantitative estimate of drug-likeness (QED) is 0.818. The number of hydrogen-bond donors (Lipinski definition) is 2. The number of alkyl halides is 3. The molecule has 0 radical (unpaired) electrons. The molecule has 1 aromatic rings. The minimum Gasteiger partial charge on any atom is -0.391 e. The van der Waals surface area contributed by atoms with E-state index in [1.54, 1.807) is 0 Å². The van der Waals surface area contributed by atoms with Gasteiger partial charge in [0.05, 0.1) is 12.1 Å². The third-order valence-corrected chi connectivity index (χ3v) is 3.86. The van der Waals surface area contributed by atoms with Crippen molar-refractivity contribution in [2.24, 2.45) is 0 Å². The van der Waals surface area contributed by atoms with Crippen molar-refractivity contribution in [3.8, 4) is 0 Å². The van der Waals surface area contributed by atoms with Gasteiger partial charge in [0.1, 0.15) is 0 Å². The summed E-state index contributed by atoms with van der Waals surface area (Å²) < 4.78 is 37.1. The highest BCUT2D eigenvalue weighted by atomic mass is 32.1. The van der Waals surface area contributed by atoms with Gasteiger partial charge in [0.15, 0.2) is 0 Å². The highest BCUT2D eigenvalue weighted by Crippen LogP contribution is 2.33. The Balaban J connectivity index is 2.02. The van der Waals surface area contributed by atoms with Crippen LogP contribution in [-0.2, 0) is 6.18 Å². The van der Waals surface area contributed by atoms with Gasteiger partial charge in [-0.15, -0.1) is 10.2 Å². The summed E-state index contributed by atoms with van der Waals surface area (Å²) in [7, 11) is 0. The van der Waals surface area contributed by atoms with Gasteiger partial charge in [0.2, 0.25) is 10.1 Å². The van der Waals surface area contributed by atoms with Crippen LogP contribution in [0.25, 0.3) is 0 Å². The van der Waals surface area contributed by atoms with Crippen LogP contribution in [0.4, 0.5) is 18.3 Å². The molecule has 0 aromatic carbocycles.